The van der Waals surface area contributed by atoms with Crippen LogP contribution in [0.5, 0.6) is 0 Å². The standard InChI is InChI=1S/C17H21N3O2/c21-17(22)15(20-16-8-2-1-5-9-18-16)10-12-11-19-14-7-4-3-6-13(12)14/h3-4,6-7,11,15,19H,1-2,5,8-10H2,(H,18,20)(H,21,22)/t15-/m1/s1. The van der Waals surface area contributed by atoms with Crippen molar-refractivity contribution in [2.24, 2.45) is 0 Å². The molecule has 1 atom stereocenters. The Morgan fingerprint density at radius 3 is 3.05 bits per heavy atom. The summed E-state index contributed by atoms with van der Waals surface area (Å²) in [4.78, 5) is 18.0. The van der Waals surface area contributed by atoms with Crippen molar-refractivity contribution >= 4 is 22.7 Å². The maximum atomic E-state index is 11.5. The van der Waals surface area contributed by atoms with Crippen molar-refractivity contribution in [3.63, 3.8) is 0 Å². The number of amidine groups is 1. The third-order valence-corrected chi connectivity index (χ3v) is 4.17. The number of carbonyl (C=O) groups excluding carboxylic acids is 1. The van der Waals surface area contributed by atoms with Crippen LogP contribution in [0, 0.1) is 0 Å². The zero-order valence-electron chi connectivity index (χ0n) is 12.5. The Bertz CT molecular complexity index is 690. The van der Waals surface area contributed by atoms with Crippen LogP contribution < -0.4 is 15.4 Å². The molecule has 5 nitrogen and oxygen atoms in total. The van der Waals surface area contributed by atoms with Crippen LogP contribution in [-0.4, -0.2) is 29.4 Å². The first-order chi connectivity index (χ1) is 10.7. The van der Waals surface area contributed by atoms with E-state index in [4.69, 9.17) is 0 Å². The number of nitrogens with one attached hydrogen (secondary N) is 3. The minimum absolute atomic E-state index is 0.400. The number of hydrogen-bond acceptors (Lipinski definition) is 3. The third-order valence-electron chi connectivity index (χ3n) is 4.17. The second kappa shape index (κ2) is 6.64. The van der Waals surface area contributed by atoms with Gasteiger partial charge in [0, 0.05) is 29.9 Å². The van der Waals surface area contributed by atoms with Gasteiger partial charge < -0.3 is 14.9 Å². The highest BCUT2D eigenvalue weighted by Crippen LogP contribution is 2.19. The third kappa shape index (κ3) is 3.30. The second-order valence-corrected chi connectivity index (χ2v) is 5.80. The summed E-state index contributed by atoms with van der Waals surface area (Å²) in [6.45, 7) is 0.898. The first-order valence-corrected chi connectivity index (χ1v) is 7.86. The van der Waals surface area contributed by atoms with E-state index in [1.165, 1.54) is 6.42 Å². The number of carboxylic acids is 1. The molecular weight excluding hydrogens is 278 g/mol. The maximum Gasteiger partial charge on any atom is 0.243 e. The minimum atomic E-state index is -1.07. The fourth-order valence-corrected chi connectivity index (χ4v) is 2.98. The van der Waals surface area contributed by atoms with E-state index < -0.39 is 12.0 Å². The number of aliphatic carboxylic acids is 1. The van der Waals surface area contributed by atoms with Gasteiger partial charge in [0.2, 0.25) is 5.84 Å². The van der Waals surface area contributed by atoms with Gasteiger partial charge in [-0.3, -0.25) is 10.3 Å². The molecule has 0 spiro atoms. The lowest BCUT2D eigenvalue weighted by Crippen LogP contribution is -2.77. The van der Waals surface area contributed by atoms with E-state index in [1.807, 2.05) is 30.5 Å². The SMILES string of the molecule is O=C([O-])[C@@H](Cc1c[nH]c2ccccc12)NC1=[NH+]CCCCC1. The van der Waals surface area contributed by atoms with Crippen LogP contribution in [-0.2, 0) is 11.2 Å². The van der Waals surface area contributed by atoms with Gasteiger partial charge in [-0.25, -0.2) is 0 Å². The lowest BCUT2D eigenvalue weighted by atomic mass is 10.0. The Balaban J connectivity index is 1.77. The molecule has 1 aliphatic rings. The van der Waals surface area contributed by atoms with Crippen molar-refractivity contribution < 1.29 is 14.9 Å². The topological polar surface area (TPSA) is 81.9 Å². The summed E-state index contributed by atoms with van der Waals surface area (Å²) in [6.07, 6.45) is 6.55. The molecule has 0 aliphatic carbocycles. The molecule has 0 saturated heterocycles. The Morgan fingerprint density at radius 2 is 2.18 bits per heavy atom. The molecule has 0 saturated carbocycles. The van der Waals surface area contributed by atoms with Crippen molar-refractivity contribution in [1.82, 2.24) is 10.3 Å². The van der Waals surface area contributed by atoms with E-state index >= 15 is 0 Å². The number of hydrogen-bond donors (Lipinski definition) is 3. The van der Waals surface area contributed by atoms with Gasteiger partial charge in [-0.15, -0.1) is 0 Å². The first kappa shape index (κ1) is 14.6. The molecule has 3 rings (SSSR count). The van der Waals surface area contributed by atoms with Crippen LogP contribution in [0.1, 0.15) is 31.2 Å². The number of benzene rings is 1. The van der Waals surface area contributed by atoms with Crippen LogP contribution in [0.15, 0.2) is 30.5 Å². The number of aromatic amines is 1. The highest BCUT2D eigenvalue weighted by molar-refractivity contribution is 5.86. The van der Waals surface area contributed by atoms with Gasteiger partial charge in [0.1, 0.15) is 6.04 Å². The van der Waals surface area contributed by atoms with E-state index in [1.54, 1.807) is 0 Å². The van der Waals surface area contributed by atoms with E-state index in [-0.39, 0.29) is 0 Å². The Hall–Kier alpha value is -2.30. The van der Waals surface area contributed by atoms with Gasteiger partial charge in [-0.2, -0.15) is 0 Å². The predicted octanol–water partition coefficient (Wildman–Crippen LogP) is -0.528. The summed E-state index contributed by atoms with van der Waals surface area (Å²) in [5.41, 5.74) is 2.02. The normalized spacial score (nSPS) is 16.8. The number of aromatic nitrogens is 1. The molecule has 116 valence electrons. The quantitative estimate of drug-likeness (QED) is 0.710. The summed E-state index contributed by atoms with van der Waals surface area (Å²) >= 11 is 0. The molecule has 0 unspecified atom stereocenters. The van der Waals surface area contributed by atoms with Crippen molar-refractivity contribution in [1.29, 1.82) is 0 Å². The molecule has 1 aromatic carbocycles. The van der Waals surface area contributed by atoms with Crippen molar-refractivity contribution in [2.75, 3.05) is 6.54 Å². The van der Waals surface area contributed by atoms with Gasteiger partial charge in [0.15, 0.2) is 0 Å². The fourth-order valence-electron chi connectivity index (χ4n) is 2.98. The van der Waals surface area contributed by atoms with E-state index in [0.717, 1.165) is 48.1 Å². The zero-order chi connectivity index (χ0) is 15.4. The number of para-hydroxylation sites is 1. The number of fused-ring (bicyclic) bond motifs is 1. The van der Waals surface area contributed by atoms with Gasteiger partial charge in [-0.1, -0.05) is 18.2 Å². The summed E-state index contributed by atoms with van der Waals surface area (Å²) < 4.78 is 0. The van der Waals surface area contributed by atoms with Crippen LogP contribution in [0.2, 0.25) is 0 Å². The molecule has 1 aromatic heterocycles. The summed E-state index contributed by atoms with van der Waals surface area (Å²) in [7, 11) is 0. The summed E-state index contributed by atoms with van der Waals surface area (Å²) in [5.74, 6) is -0.143. The number of rotatable bonds is 4. The van der Waals surface area contributed by atoms with Crippen molar-refractivity contribution in [3.8, 4) is 0 Å². The maximum absolute atomic E-state index is 11.5. The molecule has 5 heteroatoms. The second-order valence-electron chi connectivity index (χ2n) is 5.80. The summed E-state index contributed by atoms with van der Waals surface area (Å²) in [6, 6.07) is 7.19. The van der Waals surface area contributed by atoms with Gasteiger partial charge in [0.25, 0.3) is 0 Å². The lowest BCUT2D eigenvalue weighted by molar-refractivity contribution is -0.460. The molecule has 0 amide bonds. The largest absolute Gasteiger partial charge is 0.546 e. The highest BCUT2D eigenvalue weighted by Gasteiger charge is 2.21. The predicted molar refractivity (Wildman–Crippen MR) is 83.2 cm³/mol. The minimum Gasteiger partial charge on any atom is -0.546 e. The van der Waals surface area contributed by atoms with E-state index in [0.29, 0.717) is 6.42 Å². The van der Waals surface area contributed by atoms with Crippen molar-refractivity contribution in [2.45, 2.75) is 38.1 Å². The van der Waals surface area contributed by atoms with E-state index in [2.05, 4.69) is 15.3 Å². The Labute approximate surface area is 129 Å². The van der Waals surface area contributed by atoms with Crippen LogP contribution in [0.3, 0.4) is 0 Å². The van der Waals surface area contributed by atoms with E-state index in [9.17, 15) is 9.90 Å². The van der Waals surface area contributed by atoms with Gasteiger partial charge >= 0.3 is 0 Å². The molecule has 3 N–H and O–H groups in total. The molecular formula is C17H21N3O2. The zero-order valence-corrected chi connectivity index (χ0v) is 12.5. The van der Waals surface area contributed by atoms with Crippen LogP contribution in [0.25, 0.3) is 10.9 Å². The summed E-state index contributed by atoms with van der Waals surface area (Å²) in [5, 5.41) is 15.7. The molecule has 0 fully saturated rings. The molecule has 0 bridgehead atoms. The van der Waals surface area contributed by atoms with Gasteiger partial charge in [0.05, 0.1) is 12.5 Å². The fraction of sp³-hybridized carbons (Fsp3) is 0.412. The number of carbonyl (C=O) groups is 1. The molecule has 22 heavy (non-hydrogen) atoms. The van der Waals surface area contributed by atoms with Crippen LogP contribution in [0.4, 0.5) is 0 Å². The molecule has 0 radical (unpaired) electrons. The molecule has 1 aliphatic heterocycles. The number of carboxylic acid groups (broad SMARTS) is 1. The smallest absolute Gasteiger partial charge is 0.243 e. The van der Waals surface area contributed by atoms with Crippen molar-refractivity contribution in [3.05, 3.63) is 36.0 Å². The average Bonchev–Trinajstić information content (AvgIpc) is 2.74. The van der Waals surface area contributed by atoms with Crippen LogP contribution >= 0.6 is 0 Å². The number of H-pyrrole nitrogens is 1. The molecule has 2 aromatic rings. The lowest BCUT2D eigenvalue weighted by Gasteiger charge is -2.16. The Morgan fingerprint density at radius 1 is 1.32 bits per heavy atom. The first-order valence-electron chi connectivity index (χ1n) is 7.86. The Kier molecular flexibility index (Phi) is 4.42. The average molecular weight is 299 g/mol. The highest BCUT2D eigenvalue weighted by atomic mass is 16.4. The van der Waals surface area contributed by atoms with Gasteiger partial charge in [-0.05, 0) is 30.9 Å². The monoisotopic (exact) mass is 299 g/mol. The molecule has 2 heterocycles.